The van der Waals surface area contributed by atoms with Gasteiger partial charge in [-0.25, -0.2) is 0 Å². The number of aryl methyl sites for hydroxylation is 3. The van der Waals surface area contributed by atoms with E-state index >= 15 is 0 Å². The molecule has 0 spiro atoms. The van der Waals surface area contributed by atoms with Crippen molar-refractivity contribution >= 4 is 28.4 Å². The molecule has 140 valence electrons. The van der Waals surface area contributed by atoms with Crippen molar-refractivity contribution in [2.45, 2.75) is 26.8 Å². The van der Waals surface area contributed by atoms with Crippen molar-refractivity contribution in [3.63, 3.8) is 0 Å². The van der Waals surface area contributed by atoms with Crippen LogP contribution in [-0.4, -0.2) is 22.9 Å². The number of aromatic nitrogens is 1. The van der Waals surface area contributed by atoms with Gasteiger partial charge in [-0.15, -0.1) is 0 Å². The lowest BCUT2D eigenvalue weighted by atomic mass is 10.1. The van der Waals surface area contributed by atoms with Crippen molar-refractivity contribution < 1.29 is 9.59 Å². The number of para-hydroxylation sites is 1. The van der Waals surface area contributed by atoms with Crippen LogP contribution in [0, 0.1) is 13.8 Å². The summed E-state index contributed by atoms with van der Waals surface area (Å²) < 4.78 is 2.03. The highest BCUT2D eigenvalue weighted by molar-refractivity contribution is 5.85. The number of benzene rings is 2. The zero-order valence-electron chi connectivity index (χ0n) is 15.6. The first kappa shape index (κ1) is 18.5. The number of amides is 2. The first-order chi connectivity index (χ1) is 13.0. The monoisotopic (exact) mass is 364 g/mol. The van der Waals surface area contributed by atoms with Crippen LogP contribution in [0.3, 0.4) is 0 Å². The van der Waals surface area contributed by atoms with Crippen LogP contribution >= 0.6 is 0 Å². The van der Waals surface area contributed by atoms with Crippen LogP contribution < -0.4 is 16.2 Å². The lowest BCUT2D eigenvalue weighted by Gasteiger charge is -2.11. The Morgan fingerprint density at radius 3 is 2.56 bits per heavy atom. The molecule has 0 aliphatic rings. The molecule has 0 aliphatic heterocycles. The number of nitrogens with one attached hydrogen (secondary N) is 3. The van der Waals surface area contributed by atoms with Gasteiger partial charge < -0.3 is 9.88 Å². The first-order valence-electron chi connectivity index (χ1n) is 8.95. The molecule has 6 nitrogen and oxygen atoms in total. The van der Waals surface area contributed by atoms with Crippen LogP contribution in [0.1, 0.15) is 17.5 Å². The van der Waals surface area contributed by atoms with Crippen molar-refractivity contribution in [2.75, 3.05) is 11.9 Å². The highest BCUT2D eigenvalue weighted by Crippen LogP contribution is 2.16. The predicted molar refractivity (Wildman–Crippen MR) is 107 cm³/mol. The molecule has 3 aromatic rings. The fraction of sp³-hybridized carbons (Fsp3) is 0.238. The second-order valence-corrected chi connectivity index (χ2v) is 6.59. The van der Waals surface area contributed by atoms with Gasteiger partial charge in [0.25, 0.3) is 5.91 Å². The molecular formula is C21H24N4O2. The average Bonchev–Trinajstić information content (AvgIpc) is 3.07. The van der Waals surface area contributed by atoms with Crippen molar-refractivity contribution in [1.82, 2.24) is 15.4 Å². The fourth-order valence-corrected chi connectivity index (χ4v) is 2.99. The van der Waals surface area contributed by atoms with Crippen molar-refractivity contribution in [2.24, 2.45) is 0 Å². The third-order valence-corrected chi connectivity index (χ3v) is 4.42. The molecule has 1 aromatic heterocycles. The molecule has 3 rings (SSSR count). The number of hydrazine groups is 1. The normalized spacial score (nSPS) is 10.6. The van der Waals surface area contributed by atoms with Crippen LogP contribution in [0.4, 0.5) is 5.69 Å². The van der Waals surface area contributed by atoms with Crippen LogP contribution in [0.25, 0.3) is 10.9 Å². The number of hydrogen-bond acceptors (Lipinski definition) is 3. The van der Waals surface area contributed by atoms with Crippen molar-refractivity contribution in [1.29, 1.82) is 0 Å². The molecule has 0 saturated carbocycles. The van der Waals surface area contributed by atoms with Gasteiger partial charge in [0.15, 0.2) is 0 Å². The van der Waals surface area contributed by atoms with E-state index in [1.165, 1.54) is 5.56 Å². The van der Waals surface area contributed by atoms with Gasteiger partial charge in [-0.2, -0.15) is 0 Å². The van der Waals surface area contributed by atoms with Crippen LogP contribution in [0.2, 0.25) is 0 Å². The van der Waals surface area contributed by atoms with E-state index in [2.05, 4.69) is 16.2 Å². The van der Waals surface area contributed by atoms with Gasteiger partial charge >= 0.3 is 0 Å². The van der Waals surface area contributed by atoms with Crippen molar-refractivity contribution in [3.8, 4) is 0 Å². The Labute approximate surface area is 158 Å². The van der Waals surface area contributed by atoms with Gasteiger partial charge in [-0.1, -0.05) is 35.9 Å². The van der Waals surface area contributed by atoms with E-state index in [9.17, 15) is 9.59 Å². The van der Waals surface area contributed by atoms with Gasteiger partial charge in [0.2, 0.25) is 5.91 Å². The Morgan fingerprint density at radius 1 is 0.963 bits per heavy atom. The molecule has 3 N–H and O–H groups in total. The van der Waals surface area contributed by atoms with Gasteiger partial charge in [-0.05, 0) is 43.0 Å². The molecule has 6 heteroatoms. The summed E-state index contributed by atoms with van der Waals surface area (Å²) in [5, 5.41) is 4.21. The van der Waals surface area contributed by atoms with E-state index in [1.54, 1.807) is 0 Å². The maximum absolute atomic E-state index is 12.0. The molecule has 2 amide bonds. The second kappa shape index (κ2) is 8.40. The molecule has 0 unspecified atom stereocenters. The highest BCUT2D eigenvalue weighted by Gasteiger charge is 2.07. The minimum atomic E-state index is -0.297. The SMILES string of the molecule is Cc1ccc(NCC(=O)NNC(=O)CCn2ccc3ccccc32)c(C)c1. The van der Waals surface area contributed by atoms with E-state index in [4.69, 9.17) is 0 Å². The van der Waals surface area contributed by atoms with E-state index in [0.29, 0.717) is 6.54 Å². The summed E-state index contributed by atoms with van der Waals surface area (Å²) in [7, 11) is 0. The van der Waals surface area contributed by atoms with E-state index in [0.717, 1.165) is 22.2 Å². The quantitative estimate of drug-likeness (QED) is 0.589. The standard InChI is InChI=1S/C21H24N4O2/c1-15-7-8-18(16(2)13-15)22-14-21(27)24-23-20(26)10-12-25-11-9-17-5-3-4-6-19(17)25/h3-9,11,13,22H,10,12,14H2,1-2H3,(H,23,26)(H,24,27). The molecular weight excluding hydrogens is 340 g/mol. The Bertz CT molecular complexity index is 962. The predicted octanol–water partition coefficient (Wildman–Crippen LogP) is 2.91. The van der Waals surface area contributed by atoms with Gasteiger partial charge in [0.1, 0.15) is 0 Å². The summed E-state index contributed by atoms with van der Waals surface area (Å²) in [5.74, 6) is -0.526. The molecule has 0 saturated heterocycles. The minimum absolute atomic E-state index is 0.0897. The number of carbonyl (C=O) groups is 2. The molecule has 0 atom stereocenters. The van der Waals surface area contributed by atoms with Gasteiger partial charge in [0, 0.05) is 30.4 Å². The van der Waals surface area contributed by atoms with Gasteiger partial charge in [-0.3, -0.25) is 20.4 Å². The Kier molecular flexibility index (Phi) is 5.76. The van der Waals surface area contributed by atoms with Gasteiger partial charge in [0.05, 0.1) is 6.54 Å². The highest BCUT2D eigenvalue weighted by atomic mass is 16.2. The third kappa shape index (κ3) is 4.88. The minimum Gasteiger partial charge on any atom is -0.376 e. The second-order valence-electron chi connectivity index (χ2n) is 6.59. The molecule has 2 aromatic carbocycles. The lowest BCUT2D eigenvalue weighted by Crippen LogP contribution is -2.44. The maximum Gasteiger partial charge on any atom is 0.257 e. The van der Waals surface area contributed by atoms with Crippen LogP contribution in [0.15, 0.2) is 54.7 Å². The number of anilines is 1. The van der Waals surface area contributed by atoms with E-state index in [-0.39, 0.29) is 24.8 Å². The number of carbonyl (C=O) groups excluding carboxylic acids is 2. The number of fused-ring (bicyclic) bond motifs is 1. The van der Waals surface area contributed by atoms with E-state index in [1.807, 2.05) is 73.1 Å². The number of nitrogens with zero attached hydrogens (tertiary/aromatic N) is 1. The fourth-order valence-electron chi connectivity index (χ4n) is 2.99. The largest absolute Gasteiger partial charge is 0.376 e. The summed E-state index contributed by atoms with van der Waals surface area (Å²) in [5.41, 5.74) is 9.14. The molecule has 27 heavy (non-hydrogen) atoms. The first-order valence-corrected chi connectivity index (χ1v) is 8.95. The molecule has 0 bridgehead atoms. The zero-order valence-corrected chi connectivity index (χ0v) is 15.6. The summed E-state index contributed by atoms with van der Waals surface area (Å²) in [6, 6.07) is 16.0. The summed E-state index contributed by atoms with van der Waals surface area (Å²) >= 11 is 0. The number of hydrogen-bond donors (Lipinski definition) is 3. The Morgan fingerprint density at radius 2 is 1.74 bits per heavy atom. The summed E-state index contributed by atoms with van der Waals surface area (Å²) in [6.07, 6.45) is 2.24. The average molecular weight is 364 g/mol. The lowest BCUT2D eigenvalue weighted by molar-refractivity contribution is -0.128. The Balaban J connectivity index is 1.41. The zero-order chi connectivity index (χ0) is 19.2. The summed E-state index contributed by atoms with van der Waals surface area (Å²) in [6.45, 7) is 4.65. The third-order valence-electron chi connectivity index (χ3n) is 4.42. The number of rotatable bonds is 6. The van der Waals surface area contributed by atoms with Crippen LogP contribution in [0.5, 0.6) is 0 Å². The topological polar surface area (TPSA) is 75.2 Å². The molecule has 1 heterocycles. The Hall–Kier alpha value is -3.28. The smallest absolute Gasteiger partial charge is 0.257 e. The molecule has 0 radical (unpaired) electrons. The summed E-state index contributed by atoms with van der Waals surface area (Å²) in [4.78, 5) is 23.9. The molecule has 0 fully saturated rings. The van der Waals surface area contributed by atoms with E-state index < -0.39 is 0 Å². The van der Waals surface area contributed by atoms with Crippen molar-refractivity contribution in [3.05, 3.63) is 65.9 Å². The maximum atomic E-state index is 12.0. The molecule has 0 aliphatic carbocycles. The van der Waals surface area contributed by atoms with Crippen LogP contribution in [-0.2, 0) is 16.1 Å².